The zero-order valence-corrected chi connectivity index (χ0v) is 15.0. The number of hydrogen-bond donors (Lipinski definition) is 3. The van der Waals surface area contributed by atoms with Gasteiger partial charge in [-0.1, -0.05) is 0 Å². The SMILES string of the molecule is COCCNS(=O)(=O)c1cc(C(=O)O)cc(-n2cc3c(n2)CCNC3)c1. The molecule has 10 heteroatoms. The third-order valence-corrected chi connectivity index (χ3v) is 5.48. The second-order valence-corrected chi connectivity index (χ2v) is 7.65. The first-order valence-corrected chi connectivity index (χ1v) is 9.54. The Bertz CT molecular complexity index is 899. The number of nitrogens with one attached hydrogen (secondary N) is 2. The van der Waals surface area contributed by atoms with Crippen molar-refractivity contribution in [3.8, 4) is 5.69 Å². The summed E-state index contributed by atoms with van der Waals surface area (Å²) in [6, 6.07) is 3.95. The van der Waals surface area contributed by atoms with E-state index in [1.807, 2.05) is 0 Å². The summed E-state index contributed by atoms with van der Waals surface area (Å²) < 4.78 is 33.7. The van der Waals surface area contributed by atoms with Crippen molar-refractivity contribution in [2.75, 3.05) is 26.8 Å². The minimum absolute atomic E-state index is 0.0905. The molecule has 140 valence electrons. The number of benzene rings is 1. The summed E-state index contributed by atoms with van der Waals surface area (Å²) in [6.45, 7) is 1.80. The molecule has 3 N–H and O–H groups in total. The average Bonchev–Trinajstić information content (AvgIpc) is 3.05. The van der Waals surface area contributed by atoms with Crippen LogP contribution in [-0.2, 0) is 27.7 Å². The van der Waals surface area contributed by atoms with Crippen LogP contribution in [0, 0.1) is 0 Å². The van der Waals surface area contributed by atoms with Crippen LogP contribution in [0.5, 0.6) is 0 Å². The third-order valence-electron chi connectivity index (χ3n) is 4.04. The molecule has 1 aliphatic heterocycles. The average molecular weight is 380 g/mol. The van der Waals surface area contributed by atoms with Crippen LogP contribution in [0.1, 0.15) is 21.6 Å². The van der Waals surface area contributed by atoms with Crippen LogP contribution < -0.4 is 10.0 Å². The number of methoxy groups -OCH3 is 1. The zero-order chi connectivity index (χ0) is 18.7. The van der Waals surface area contributed by atoms with Gasteiger partial charge in [-0.2, -0.15) is 5.10 Å². The van der Waals surface area contributed by atoms with E-state index < -0.39 is 16.0 Å². The number of hydrogen-bond acceptors (Lipinski definition) is 6. The maximum absolute atomic E-state index is 12.5. The summed E-state index contributed by atoms with van der Waals surface area (Å²) in [5.41, 5.74) is 2.19. The molecule has 1 aromatic carbocycles. The number of rotatable bonds is 7. The molecular formula is C16H20N4O5S. The molecule has 1 aliphatic rings. The lowest BCUT2D eigenvalue weighted by molar-refractivity contribution is 0.0696. The highest BCUT2D eigenvalue weighted by Gasteiger charge is 2.20. The third kappa shape index (κ3) is 3.93. The molecule has 0 radical (unpaired) electrons. The maximum atomic E-state index is 12.5. The van der Waals surface area contributed by atoms with E-state index in [4.69, 9.17) is 4.74 Å². The fourth-order valence-electron chi connectivity index (χ4n) is 2.72. The Morgan fingerprint density at radius 1 is 1.42 bits per heavy atom. The van der Waals surface area contributed by atoms with E-state index in [0.717, 1.165) is 30.3 Å². The van der Waals surface area contributed by atoms with Gasteiger partial charge < -0.3 is 15.2 Å². The van der Waals surface area contributed by atoms with Gasteiger partial charge in [0.2, 0.25) is 10.0 Å². The molecule has 0 amide bonds. The normalized spacial score (nSPS) is 14.2. The Hall–Kier alpha value is -2.27. The number of ether oxygens (including phenoxy) is 1. The summed E-state index contributed by atoms with van der Waals surface area (Å²) in [5.74, 6) is -1.21. The van der Waals surface area contributed by atoms with Gasteiger partial charge in [0.15, 0.2) is 0 Å². The second-order valence-electron chi connectivity index (χ2n) is 5.88. The Morgan fingerprint density at radius 2 is 2.23 bits per heavy atom. The molecule has 0 bridgehead atoms. The lowest BCUT2D eigenvalue weighted by Crippen LogP contribution is -2.27. The van der Waals surface area contributed by atoms with Crippen molar-refractivity contribution in [2.45, 2.75) is 17.9 Å². The minimum Gasteiger partial charge on any atom is -0.478 e. The van der Waals surface area contributed by atoms with Gasteiger partial charge in [-0.25, -0.2) is 22.6 Å². The smallest absolute Gasteiger partial charge is 0.335 e. The van der Waals surface area contributed by atoms with E-state index in [-0.39, 0.29) is 23.6 Å². The monoisotopic (exact) mass is 380 g/mol. The van der Waals surface area contributed by atoms with Crippen LogP contribution >= 0.6 is 0 Å². The van der Waals surface area contributed by atoms with E-state index in [1.165, 1.54) is 23.9 Å². The van der Waals surface area contributed by atoms with Crippen molar-refractivity contribution in [1.29, 1.82) is 0 Å². The molecule has 0 spiro atoms. The Morgan fingerprint density at radius 3 is 2.92 bits per heavy atom. The molecule has 0 atom stereocenters. The van der Waals surface area contributed by atoms with E-state index in [1.54, 1.807) is 6.20 Å². The molecular weight excluding hydrogens is 360 g/mol. The van der Waals surface area contributed by atoms with Gasteiger partial charge in [-0.05, 0) is 18.2 Å². The second kappa shape index (κ2) is 7.54. The number of sulfonamides is 1. The summed E-state index contributed by atoms with van der Waals surface area (Å²) in [4.78, 5) is 11.3. The van der Waals surface area contributed by atoms with Crippen molar-refractivity contribution < 1.29 is 23.1 Å². The van der Waals surface area contributed by atoms with Gasteiger partial charge in [0.25, 0.3) is 0 Å². The number of carbonyl (C=O) groups is 1. The topological polar surface area (TPSA) is 123 Å². The van der Waals surface area contributed by atoms with Gasteiger partial charge in [-0.15, -0.1) is 0 Å². The summed E-state index contributed by atoms with van der Waals surface area (Å²) in [5, 5.41) is 17.1. The molecule has 0 unspecified atom stereocenters. The molecule has 2 aromatic rings. The molecule has 0 aliphatic carbocycles. The fraction of sp³-hybridized carbons (Fsp3) is 0.375. The molecule has 9 nitrogen and oxygen atoms in total. The summed E-state index contributed by atoms with van der Waals surface area (Å²) in [6.07, 6.45) is 2.56. The van der Waals surface area contributed by atoms with Crippen molar-refractivity contribution in [3.05, 3.63) is 41.2 Å². The first-order valence-electron chi connectivity index (χ1n) is 8.06. The number of aromatic nitrogens is 2. The highest BCUT2D eigenvalue weighted by atomic mass is 32.2. The minimum atomic E-state index is -3.87. The largest absolute Gasteiger partial charge is 0.478 e. The van der Waals surface area contributed by atoms with Crippen molar-refractivity contribution >= 4 is 16.0 Å². The standard InChI is InChI=1S/C16H20N4O5S/c1-25-5-4-18-26(23,24)14-7-11(16(21)22)6-13(8-14)20-10-12-9-17-3-2-15(12)19-20/h6-8,10,17-18H,2-5,9H2,1H3,(H,21,22). The number of carboxylic acid groups (broad SMARTS) is 1. The van der Waals surface area contributed by atoms with Crippen molar-refractivity contribution in [1.82, 2.24) is 19.8 Å². The Balaban J connectivity index is 2.02. The molecule has 2 heterocycles. The quantitative estimate of drug-likeness (QED) is 0.584. The number of aromatic carboxylic acids is 1. The van der Waals surface area contributed by atoms with E-state index in [9.17, 15) is 18.3 Å². The molecule has 0 saturated heterocycles. The van der Waals surface area contributed by atoms with Crippen LogP contribution in [0.15, 0.2) is 29.3 Å². The molecule has 3 rings (SSSR count). The predicted molar refractivity (Wildman–Crippen MR) is 93.0 cm³/mol. The van der Waals surface area contributed by atoms with Crippen molar-refractivity contribution in [3.63, 3.8) is 0 Å². The Kier molecular flexibility index (Phi) is 5.37. The van der Waals surface area contributed by atoms with Crippen LogP contribution in [0.4, 0.5) is 0 Å². The lowest BCUT2D eigenvalue weighted by Gasteiger charge is -2.10. The summed E-state index contributed by atoms with van der Waals surface area (Å²) in [7, 11) is -2.40. The molecule has 1 aromatic heterocycles. The van der Waals surface area contributed by atoms with E-state index >= 15 is 0 Å². The highest BCUT2D eigenvalue weighted by molar-refractivity contribution is 7.89. The molecule has 26 heavy (non-hydrogen) atoms. The van der Waals surface area contributed by atoms with Crippen LogP contribution in [0.2, 0.25) is 0 Å². The lowest BCUT2D eigenvalue weighted by atomic mass is 10.1. The predicted octanol–water partition coefficient (Wildman–Crippen LogP) is 0.141. The maximum Gasteiger partial charge on any atom is 0.335 e. The molecule has 0 saturated carbocycles. The first kappa shape index (κ1) is 18.5. The van der Waals surface area contributed by atoms with Crippen LogP contribution in [0.25, 0.3) is 5.69 Å². The van der Waals surface area contributed by atoms with Gasteiger partial charge in [-0.3, -0.25) is 0 Å². The van der Waals surface area contributed by atoms with E-state index in [0.29, 0.717) is 12.2 Å². The number of fused-ring (bicyclic) bond motifs is 1. The van der Waals surface area contributed by atoms with E-state index in [2.05, 4.69) is 15.1 Å². The number of carboxylic acids is 1. The Labute approximate surface area is 151 Å². The zero-order valence-electron chi connectivity index (χ0n) is 14.2. The van der Waals surface area contributed by atoms with Gasteiger partial charge in [0, 0.05) is 44.9 Å². The fourth-order valence-corrected chi connectivity index (χ4v) is 3.80. The molecule has 0 fully saturated rings. The van der Waals surface area contributed by atoms with Gasteiger partial charge >= 0.3 is 5.97 Å². The van der Waals surface area contributed by atoms with Crippen LogP contribution in [0.3, 0.4) is 0 Å². The van der Waals surface area contributed by atoms with Gasteiger partial charge in [0.05, 0.1) is 28.4 Å². The van der Waals surface area contributed by atoms with Crippen LogP contribution in [-0.4, -0.2) is 56.1 Å². The highest BCUT2D eigenvalue weighted by Crippen LogP contribution is 2.21. The summed E-state index contributed by atoms with van der Waals surface area (Å²) >= 11 is 0. The van der Waals surface area contributed by atoms with Gasteiger partial charge in [0.1, 0.15) is 0 Å². The number of nitrogens with zero attached hydrogens (tertiary/aromatic N) is 2. The first-order chi connectivity index (χ1) is 12.4. The van der Waals surface area contributed by atoms with Crippen molar-refractivity contribution in [2.24, 2.45) is 0 Å².